The summed E-state index contributed by atoms with van der Waals surface area (Å²) in [6.07, 6.45) is 2.89. The van der Waals surface area contributed by atoms with Gasteiger partial charge < -0.3 is 9.84 Å². The summed E-state index contributed by atoms with van der Waals surface area (Å²) < 4.78 is 5.21. The number of carbonyl (C=O) groups is 1. The number of rotatable bonds is 2. The van der Waals surface area contributed by atoms with E-state index >= 15 is 0 Å². The molecule has 5 heteroatoms. The molecule has 1 unspecified atom stereocenters. The molecule has 2 fully saturated rings. The number of carboxylic acid groups (broad SMARTS) is 1. The van der Waals surface area contributed by atoms with Crippen molar-refractivity contribution < 1.29 is 14.6 Å². The van der Waals surface area contributed by atoms with E-state index in [1.165, 1.54) is 0 Å². The Bertz CT molecular complexity index is 240. The Morgan fingerprint density at radius 1 is 1.64 bits per heavy atom. The lowest BCUT2D eigenvalue weighted by atomic mass is 9.87. The van der Waals surface area contributed by atoms with Gasteiger partial charge in [-0.3, -0.25) is 10.1 Å². The minimum Gasteiger partial charge on any atom is -0.480 e. The van der Waals surface area contributed by atoms with Crippen LogP contribution in [0.5, 0.6) is 0 Å². The molecule has 1 heterocycles. The first-order valence-corrected chi connectivity index (χ1v) is 5.81. The van der Waals surface area contributed by atoms with Crippen molar-refractivity contribution in [2.75, 3.05) is 12.9 Å². The van der Waals surface area contributed by atoms with Gasteiger partial charge in [0.1, 0.15) is 6.04 Å². The Morgan fingerprint density at radius 2 is 2.36 bits per heavy atom. The molecular formula is C9H15NO3S. The smallest absolute Gasteiger partial charge is 0.320 e. The van der Waals surface area contributed by atoms with Crippen LogP contribution in [-0.4, -0.2) is 41.0 Å². The predicted molar refractivity (Wildman–Crippen MR) is 54.4 cm³/mol. The van der Waals surface area contributed by atoms with E-state index in [1.807, 2.05) is 11.8 Å². The maximum Gasteiger partial charge on any atom is 0.320 e. The van der Waals surface area contributed by atoms with Gasteiger partial charge in [0.25, 0.3) is 0 Å². The van der Waals surface area contributed by atoms with E-state index in [-0.39, 0.29) is 10.9 Å². The van der Waals surface area contributed by atoms with E-state index in [2.05, 4.69) is 5.32 Å². The molecule has 4 nitrogen and oxygen atoms in total. The van der Waals surface area contributed by atoms with Crippen molar-refractivity contribution in [1.29, 1.82) is 0 Å². The van der Waals surface area contributed by atoms with E-state index in [0.29, 0.717) is 6.10 Å². The van der Waals surface area contributed by atoms with Crippen molar-refractivity contribution >= 4 is 17.7 Å². The number of thioether (sulfide) groups is 1. The SMILES string of the molecule is COC1CC2(C1)NC(C(=O)O)CCS2. The van der Waals surface area contributed by atoms with Gasteiger partial charge in [-0.2, -0.15) is 0 Å². The third-order valence-corrected chi connectivity index (χ3v) is 4.41. The lowest BCUT2D eigenvalue weighted by Crippen LogP contribution is -2.62. The van der Waals surface area contributed by atoms with Crippen LogP contribution in [0.2, 0.25) is 0 Å². The molecule has 0 radical (unpaired) electrons. The quantitative estimate of drug-likeness (QED) is 0.712. The lowest BCUT2D eigenvalue weighted by Gasteiger charge is -2.50. The van der Waals surface area contributed by atoms with E-state index in [0.717, 1.165) is 25.0 Å². The Morgan fingerprint density at radius 3 is 2.93 bits per heavy atom. The molecule has 0 aromatic heterocycles. The third kappa shape index (κ3) is 1.76. The number of carboxylic acids is 1. The van der Waals surface area contributed by atoms with E-state index in [9.17, 15) is 4.79 Å². The van der Waals surface area contributed by atoms with Gasteiger partial charge in [-0.1, -0.05) is 0 Å². The highest BCUT2D eigenvalue weighted by atomic mass is 32.2. The van der Waals surface area contributed by atoms with Crippen LogP contribution >= 0.6 is 11.8 Å². The number of ether oxygens (including phenoxy) is 1. The first-order valence-electron chi connectivity index (χ1n) is 4.82. The Labute approximate surface area is 87.4 Å². The molecule has 80 valence electrons. The molecule has 1 saturated carbocycles. The van der Waals surface area contributed by atoms with Crippen molar-refractivity contribution in [3.63, 3.8) is 0 Å². The molecule has 1 saturated heterocycles. The van der Waals surface area contributed by atoms with Crippen LogP contribution in [0.1, 0.15) is 19.3 Å². The second kappa shape index (κ2) is 3.72. The molecule has 1 aliphatic carbocycles. The van der Waals surface area contributed by atoms with Crippen LogP contribution in [0.15, 0.2) is 0 Å². The molecule has 2 rings (SSSR count). The van der Waals surface area contributed by atoms with Crippen LogP contribution in [0, 0.1) is 0 Å². The van der Waals surface area contributed by atoms with E-state index < -0.39 is 5.97 Å². The molecule has 14 heavy (non-hydrogen) atoms. The molecule has 2 aliphatic rings. The highest BCUT2D eigenvalue weighted by Crippen LogP contribution is 2.46. The summed E-state index contributed by atoms with van der Waals surface area (Å²) in [7, 11) is 1.71. The number of hydrogen-bond donors (Lipinski definition) is 2. The highest BCUT2D eigenvalue weighted by Gasteiger charge is 2.48. The zero-order valence-corrected chi connectivity index (χ0v) is 8.97. The van der Waals surface area contributed by atoms with Crippen molar-refractivity contribution in [3.8, 4) is 0 Å². The molecular weight excluding hydrogens is 202 g/mol. The van der Waals surface area contributed by atoms with Crippen molar-refractivity contribution in [3.05, 3.63) is 0 Å². The van der Waals surface area contributed by atoms with Gasteiger partial charge >= 0.3 is 5.97 Å². The molecule has 0 aromatic carbocycles. The van der Waals surface area contributed by atoms with Crippen molar-refractivity contribution in [2.24, 2.45) is 0 Å². The number of hydrogen-bond acceptors (Lipinski definition) is 4. The van der Waals surface area contributed by atoms with Gasteiger partial charge in [-0.05, 0) is 12.2 Å². The Balaban J connectivity index is 1.92. The lowest BCUT2D eigenvalue weighted by molar-refractivity contribution is -0.140. The summed E-state index contributed by atoms with van der Waals surface area (Å²) in [5, 5.41) is 12.1. The monoisotopic (exact) mass is 217 g/mol. The van der Waals surface area contributed by atoms with E-state index in [4.69, 9.17) is 9.84 Å². The fraction of sp³-hybridized carbons (Fsp3) is 0.889. The molecule has 1 aliphatic heterocycles. The molecule has 0 bridgehead atoms. The highest BCUT2D eigenvalue weighted by molar-refractivity contribution is 8.00. The summed E-state index contributed by atoms with van der Waals surface area (Å²) in [6, 6.07) is -0.367. The topological polar surface area (TPSA) is 58.6 Å². The van der Waals surface area contributed by atoms with Gasteiger partial charge in [0, 0.05) is 20.0 Å². The minimum atomic E-state index is -0.731. The number of nitrogens with one attached hydrogen (secondary N) is 1. The first-order chi connectivity index (χ1) is 6.65. The summed E-state index contributed by atoms with van der Waals surface area (Å²) in [5.74, 6) is 0.200. The summed E-state index contributed by atoms with van der Waals surface area (Å²) >= 11 is 1.84. The van der Waals surface area contributed by atoms with Gasteiger partial charge in [-0.15, -0.1) is 11.8 Å². The van der Waals surface area contributed by atoms with Crippen LogP contribution in [0.4, 0.5) is 0 Å². The second-order valence-corrected chi connectivity index (χ2v) is 5.41. The maximum absolute atomic E-state index is 10.8. The molecule has 0 aromatic rings. The van der Waals surface area contributed by atoms with Crippen LogP contribution < -0.4 is 5.32 Å². The second-order valence-electron chi connectivity index (χ2n) is 3.93. The number of methoxy groups -OCH3 is 1. The van der Waals surface area contributed by atoms with Crippen LogP contribution in [-0.2, 0) is 9.53 Å². The van der Waals surface area contributed by atoms with Gasteiger partial charge in [0.2, 0.25) is 0 Å². The standard InChI is InChI=1S/C9H15NO3S/c1-13-6-4-9(5-6)10-7(8(11)12)2-3-14-9/h6-7,10H,2-5H2,1H3,(H,11,12). The minimum absolute atomic E-state index is 0.0119. The largest absolute Gasteiger partial charge is 0.480 e. The average Bonchev–Trinajstić information content (AvgIpc) is 2.14. The average molecular weight is 217 g/mol. The molecule has 0 amide bonds. The van der Waals surface area contributed by atoms with Crippen molar-refractivity contribution in [2.45, 2.75) is 36.3 Å². The summed E-state index contributed by atoms with van der Waals surface area (Å²) in [6.45, 7) is 0. The zero-order valence-electron chi connectivity index (χ0n) is 8.16. The molecule has 1 spiro atoms. The fourth-order valence-electron chi connectivity index (χ4n) is 2.07. The maximum atomic E-state index is 10.8. The zero-order chi connectivity index (χ0) is 10.2. The third-order valence-electron chi connectivity index (χ3n) is 2.97. The number of aliphatic carboxylic acids is 1. The van der Waals surface area contributed by atoms with Crippen LogP contribution in [0.3, 0.4) is 0 Å². The summed E-state index contributed by atoms with van der Waals surface area (Å²) in [5.41, 5.74) is 0. The van der Waals surface area contributed by atoms with E-state index in [1.54, 1.807) is 7.11 Å². The molecule has 2 N–H and O–H groups in total. The fourth-order valence-corrected chi connectivity index (χ4v) is 3.64. The summed E-state index contributed by atoms with van der Waals surface area (Å²) in [4.78, 5) is 10.8. The predicted octanol–water partition coefficient (Wildman–Crippen LogP) is 0.671. The Hall–Kier alpha value is -0.260. The van der Waals surface area contributed by atoms with Crippen LogP contribution in [0.25, 0.3) is 0 Å². The normalized spacial score (nSPS) is 42.1. The van der Waals surface area contributed by atoms with Gasteiger partial charge in [0.15, 0.2) is 0 Å². The Kier molecular flexibility index (Phi) is 2.72. The van der Waals surface area contributed by atoms with Crippen molar-refractivity contribution in [1.82, 2.24) is 5.32 Å². The first kappa shape index (κ1) is 10.3. The molecule has 1 atom stereocenters. The van der Waals surface area contributed by atoms with Gasteiger partial charge in [-0.25, -0.2) is 0 Å². The van der Waals surface area contributed by atoms with Gasteiger partial charge in [0.05, 0.1) is 11.0 Å².